The molecule has 0 spiro atoms. The Morgan fingerprint density at radius 3 is 2.65 bits per heavy atom. The normalized spacial score (nSPS) is 13.3. The van der Waals surface area contributed by atoms with Gasteiger partial charge in [-0.2, -0.15) is 0 Å². The zero-order valence-corrected chi connectivity index (χ0v) is 11.3. The molecular formula is C16H16N2O2. The molecule has 0 radical (unpaired) electrons. The number of hydrogen-bond acceptors (Lipinski definition) is 3. The first-order valence-electron chi connectivity index (χ1n) is 6.51. The number of hydrogen-bond donors (Lipinski definition) is 2. The van der Waals surface area contributed by atoms with Crippen LogP contribution in [0.1, 0.15) is 27.0 Å². The van der Waals surface area contributed by atoms with E-state index in [9.17, 15) is 9.90 Å². The summed E-state index contributed by atoms with van der Waals surface area (Å²) in [5, 5.41) is 9.92. The number of nitrogens with two attached hydrogens (primary N) is 1. The van der Waals surface area contributed by atoms with Gasteiger partial charge in [-0.25, -0.2) is 0 Å². The number of amides is 1. The molecule has 1 aliphatic heterocycles. The standard InChI is InChI=1S/C16H16N2O2/c1-10-2-5-14(15(19)6-10)16(20)18-8-11-3-4-13(17)7-12(11)9-18/h2-7,19H,8-9,17H2,1H3. The van der Waals surface area contributed by atoms with E-state index in [-0.39, 0.29) is 11.7 Å². The highest BCUT2D eigenvalue weighted by molar-refractivity contribution is 5.97. The van der Waals surface area contributed by atoms with Crippen molar-refractivity contribution >= 4 is 11.6 Å². The Labute approximate surface area is 117 Å². The van der Waals surface area contributed by atoms with Gasteiger partial charge in [-0.15, -0.1) is 0 Å². The molecule has 1 aliphatic rings. The van der Waals surface area contributed by atoms with Gasteiger partial charge in [-0.3, -0.25) is 4.79 Å². The van der Waals surface area contributed by atoms with Crippen molar-refractivity contribution in [2.24, 2.45) is 0 Å². The quantitative estimate of drug-likeness (QED) is 0.781. The first-order chi connectivity index (χ1) is 9.54. The number of carbonyl (C=O) groups excluding carboxylic acids is 1. The lowest BCUT2D eigenvalue weighted by atomic mass is 10.1. The molecule has 1 amide bonds. The highest BCUT2D eigenvalue weighted by atomic mass is 16.3. The maximum Gasteiger partial charge on any atom is 0.258 e. The van der Waals surface area contributed by atoms with Gasteiger partial charge in [-0.05, 0) is 47.9 Å². The summed E-state index contributed by atoms with van der Waals surface area (Å²) in [5.41, 5.74) is 9.92. The van der Waals surface area contributed by atoms with Crippen molar-refractivity contribution in [1.29, 1.82) is 0 Å². The zero-order valence-electron chi connectivity index (χ0n) is 11.3. The highest BCUT2D eigenvalue weighted by Crippen LogP contribution is 2.28. The van der Waals surface area contributed by atoms with Crippen LogP contribution in [0.4, 0.5) is 5.69 Å². The molecule has 0 unspecified atom stereocenters. The monoisotopic (exact) mass is 268 g/mol. The maximum absolute atomic E-state index is 12.5. The second kappa shape index (κ2) is 4.56. The summed E-state index contributed by atoms with van der Waals surface area (Å²) in [6.07, 6.45) is 0. The molecule has 2 aromatic carbocycles. The average Bonchev–Trinajstić information content (AvgIpc) is 2.81. The van der Waals surface area contributed by atoms with Gasteiger partial charge in [0.25, 0.3) is 5.91 Å². The van der Waals surface area contributed by atoms with Crippen LogP contribution in [0.25, 0.3) is 0 Å². The van der Waals surface area contributed by atoms with Crippen LogP contribution in [0.3, 0.4) is 0 Å². The Morgan fingerprint density at radius 1 is 1.15 bits per heavy atom. The van der Waals surface area contributed by atoms with Gasteiger partial charge < -0.3 is 15.7 Å². The van der Waals surface area contributed by atoms with E-state index in [2.05, 4.69) is 0 Å². The lowest BCUT2D eigenvalue weighted by molar-refractivity contribution is 0.0748. The Hall–Kier alpha value is -2.49. The van der Waals surface area contributed by atoms with E-state index in [0.29, 0.717) is 24.3 Å². The number of aromatic hydroxyl groups is 1. The van der Waals surface area contributed by atoms with E-state index in [1.165, 1.54) is 0 Å². The van der Waals surface area contributed by atoms with Crippen LogP contribution >= 0.6 is 0 Å². The molecular weight excluding hydrogens is 252 g/mol. The number of phenols is 1. The molecule has 0 fully saturated rings. The number of benzene rings is 2. The SMILES string of the molecule is Cc1ccc(C(=O)N2Cc3ccc(N)cc3C2)c(O)c1. The predicted octanol–water partition coefficient (Wildman–Crippen LogP) is 2.44. The maximum atomic E-state index is 12.5. The van der Waals surface area contributed by atoms with Crippen LogP contribution in [0.2, 0.25) is 0 Å². The van der Waals surface area contributed by atoms with Gasteiger partial charge >= 0.3 is 0 Å². The molecule has 0 aliphatic carbocycles. The summed E-state index contributed by atoms with van der Waals surface area (Å²) in [7, 11) is 0. The van der Waals surface area contributed by atoms with Crippen molar-refractivity contribution in [3.63, 3.8) is 0 Å². The second-order valence-electron chi connectivity index (χ2n) is 5.21. The molecule has 0 atom stereocenters. The van der Waals surface area contributed by atoms with E-state index < -0.39 is 0 Å². The number of phenolic OH excluding ortho intramolecular Hbond substituents is 1. The van der Waals surface area contributed by atoms with Gasteiger partial charge in [0.05, 0.1) is 5.56 Å². The zero-order chi connectivity index (χ0) is 14.3. The first kappa shape index (κ1) is 12.5. The van der Waals surface area contributed by atoms with Crippen LogP contribution in [0.5, 0.6) is 5.75 Å². The lowest BCUT2D eigenvalue weighted by Gasteiger charge is -2.16. The van der Waals surface area contributed by atoms with Crippen molar-refractivity contribution < 1.29 is 9.90 Å². The molecule has 3 rings (SSSR count). The van der Waals surface area contributed by atoms with E-state index >= 15 is 0 Å². The molecule has 4 heteroatoms. The summed E-state index contributed by atoms with van der Waals surface area (Å²) in [6, 6.07) is 10.8. The van der Waals surface area contributed by atoms with Gasteiger partial charge in [-0.1, -0.05) is 12.1 Å². The summed E-state index contributed by atoms with van der Waals surface area (Å²) in [6.45, 7) is 2.97. The third-order valence-electron chi connectivity index (χ3n) is 3.62. The minimum atomic E-state index is -0.155. The molecule has 0 bridgehead atoms. The average molecular weight is 268 g/mol. The van der Waals surface area contributed by atoms with Gasteiger partial charge in [0.1, 0.15) is 5.75 Å². The van der Waals surface area contributed by atoms with Crippen molar-refractivity contribution in [2.75, 3.05) is 5.73 Å². The predicted molar refractivity (Wildman–Crippen MR) is 77.3 cm³/mol. The summed E-state index contributed by atoms with van der Waals surface area (Å²) >= 11 is 0. The van der Waals surface area contributed by atoms with E-state index in [4.69, 9.17) is 5.73 Å². The smallest absolute Gasteiger partial charge is 0.258 e. The lowest BCUT2D eigenvalue weighted by Crippen LogP contribution is -2.25. The van der Waals surface area contributed by atoms with Crippen LogP contribution in [0, 0.1) is 6.92 Å². The van der Waals surface area contributed by atoms with E-state index in [1.807, 2.05) is 31.2 Å². The second-order valence-corrected chi connectivity index (χ2v) is 5.21. The fourth-order valence-corrected chi connectivity index (χ4v) is 2.55. The van der Waals surface area contributed by atoms with E-state index in [1.54, 1.807) is 17.0 Å². The number of anilines is 1. The Balaban J connectivity index is 1.87. The topological polar surface area (TPSA) is 66.6 Å². The van der Waals surface area contributed by atoms with Gasteiger partial charge in [0, 0.05) is 18.8 Å². The van der Waals surface area contributed by atoms with Gasteiger partial charge in [0.15, 0.2) is 0 Å². The highest BCUT2D eigenvalue weighted by Gasteiger charge is 2.25. The fourth-order valence-electron chi connectivity index (χ4n) is 2.55. The summed E-state index contributed by atoms with van der Waals surface area (Å²) in [5.74, 6) is -0.122. The van der Waals surface area contributed by atoms with Crippen LogP contribution in [-0.2, 0) is 13.1 Å². The number of nitrogens with zero attached hydrogens (tertiary/aromatic N) is 1. The molecule has 0 aromatic heterocycles. The van der Waals surface area contributed by atoms with Crippen LogP contribution in [0.15, 0.2) is 36.4 Å². The van der Waals surface area contributed by atoms with Crippen molar-refractivity contribution in [3.05, 3.63) is 58.7 Å². The van der Waals surface area contributed by atoms with Crippen LogP contribution < -0.4 is 5.73 Å². The Bertz CT molecular complexity index is 695. The number of rotatable bonds is 1. The molecule has 0 saturated heterocycles. The number of carbonyl (C=O) groups is 1. The van der Waals surface area contributed by atoms with E-state index in [0.717, 1.165) is 16.7 Å². The third-order valence-corrected chi connectivity index (χ3v) is 3.62. The summed E-state index contributed by atoms with van der Waals surface area (Å²) < 4.78 is 0. The van der Waals surface area contributed by atoms with Gasteiger partial charge in [0.2, 0.25) is 0 Å². The first-order valence-corrected chi connectivity index (χ1v) is 6.51. The molecule has 1 heterocycles. The van der Waals surface area contributed by atoms with Crippen LogP contribution in [-0.4, -0.2) is 15.9 Å². The number of fused-ring (bicyclic) bond motifs is 1. The fraction of sp³-hybridized carbons (Fsp3) is 0.188. The Kier molecular flexibility index (Phi) is 2.86. The van der Waals surface area contributed by atoms with Crippen molar-refractivity contribution in [3.8, 4) is 5.75 Å². The molecule has 0 saturated carbocycles. The third kappa shape index (κ3) is 2.09. The summed E-state index contributed by atoms with van der Waals surface area (Å²) in [4.78, 5) is 14.2. The largest absolute Gasteiger partial charge is 0.507 e. The molecule has 102 valence electrons. The number of aryl methyl sites for hydroxylation is 1. The van der Waals surface area contributed by atoms with Crippen molar-refractivity contribution in [2.45, 2.75) is 20.0 Å². The minimum Gasteiger partial charge on any atom is -0.507 e. The molecule has 2 aromatic rings. The molecule has 4 nitrogen and oxygen atoms in total. The molecule has 20 heavy (non-hydrogen) atoms. The Morgan fingerprint density at radius 2 is 1.90 bits per heavy atom. The van der Waals surface area contributed by atoms with Crippen molar-refractivity contribution in [1.82, 2.24) is 4.90 Å². The number of nitrogen functional groups attached to an aromatic ring is 1. The molecule has 3 N–H and O–H groups in total. The minimum absolute atomic E-state index is 0.0328.